The lowest BCUT2D eigenvalue weighted by molar-refractivity contribution is -0.113. The number of anilines is 2. The molecule has 1 aliphatic rings. The van der Waals surface area contributed by atoms with Gasteiger partial charge in [0.25, 0.3) is 0 Å². The number of amides is 1. The molecule has 0 bridgehead atoms. The third-order valence-electron chi connectivity index (χ3n) is 3.29. The molecule has 1 unspecified atom stereocenters. The van der Waals surface area contributed by atoms with Crippen molar-refractivity contribution in [3.63, 3.8) is 0 Å². The molecule has 1 atom stereocenters. The van der Waals surface area contributed by atoms with Crippen LogP contribution in [-0.2, 0) is 4.79 Å². The van der Waals surface area contributed by atoms with E-state index in [9.17, 15) is 4.79 Å². The fraction of sp³-hybridized carbons (Fsp3) is 0.267. The van der Waals surface area contributed by atoms with Crippen molar-refractivity contribution in [3.05, 3.63) is 40.1 Å². The Hall–Kier alpha value is -1.46. The monoisotopic (exact) mass is 304 g/mol. The number of nitrogens with one attached hydrogen (secondary N) is 2. The molecule has 3 rings (SSSR count). The highest BCUT2D eigenvalue weighted by Crippen LogP contribution is 2.35. The third kappa shape index (κ3) is 2.69. The van der Waals surface area contributed by atoms with Gasteiger partial charge in [0.05, 0.1) is 17.5 Å². The summed E-state index contributed by atoms with van der Waals surface area (Å²) in [5, 5.41) is 8.54. The molecule has 0 fully saturated rings. The number of fused-ring (bicyclic) bond motifs is 1. The van der Waals surface area contributed by atoms with Crippen LogP contribution in [0.1, 0.15) is 23.4 Å². The first kappa shape index (κ1) is 13.5. The molecule has 1 aliphatic heterocycles. The van der Waals surface area contributed by atoms with Crippen molar-refractivity contribution < 1.29 is 4.79 Å². The number of hydrogen-bond donors (Lipinski definition) is 2. The number of thioether (sulfide) groups is 1. The van der Waals surface area contributed by atoms with Gasteiger partial charge in [0.1, 0.15) is 0 Å². The van der Waals surface area contributed by atoms with E-state index >= 15 is 0 Å². The van der Waals surface area contributed by atoms with Gasteiger partial charge < -0.3 is 10.6 Å². The Morgan fingerprint density at radius 2 is 2.20 bits per heavy atom. The summed E-state index contributed by atoms with van der Waals surface area (Å²) in [7, 11) is 0. The van der Waals surface area contributed by atoms with Gasteiger partial charge in [-0.2, -0.15) is 0 Å². The molecular weight excluding hydrogens is 288 g/mol. The normalized spacial score (nSPS) is 15.4. The quantitative estimate of drug-likeness (QED) is 0.889. The minimum Gasteiger partial charge on any atom is -0.378 e. The van der Waals surface area contributed by atoms with Crippen molar-refractivity contribution in [2.45, 2.75) is 24.8 Å². The molecule has 2 heterocycles. The maximum atomic E-state index is 11.4. The second-order valence-corrected chi connectivity index (χ2v) is 6.85. The topological polar surface area (TPSA) is 41.1 Å². The lowest BCUT2D eigenvalue weighted by Crippen LogP contribution is -2.18. The van der Waals surface area contributed by atoms with E-state index in [-0.39, 0.29) is 11.9 Å². The number of carbonyl (C=O) groups excluding carboxylic acids is 1. The predicted octanol–water partition coefficient (Wildman–Crippen LogP) is 4.27. The Balaban J connectivity index is 1.80. The molecule has 3 nitrogen and oxygen atoms in total. The fourth-order valence-electron chi connectivity index (χ4n) is 2.32. The van der Waals surface area contributed by atoms with Gasteiger partial charge in [0.15, 0.2) is 0 Å². The molecule has 1 aromatic carbocycles. The van der Waals surface area contributed by atoms with Gasteiger partial charge in [-0.25, -0.2) is 0 Å². The third-order valence-corrected chi connectivity index (χ3v) is 5.57. The number of aryl methyl sites for hydroxylation is 1. The van der Waals surface area contributed by atoms with Crippen LogP contribution in [-0.4, -0.2) is 11.7 Å². The Kier molecular flexibility index (Phi) is 3.72. The van der Waals surface area contributed by atoms with Crippen LogP contribution < -0.4 is 10.6 Å². The summed E-state index contributed by atoms with van der Waals surface area (Å²) < 4.78 is 0. The Morgan fingerprint density at radius 1 is 1.35 bits per heavy atom. The van der Waals surface area contributed by atoms with Crippen LogP contribution in [0, 0.1) is 6.92 Å². The van der Waals surface area contributed by atoms with Crippen molar-refractivity contribution in [2.24, 2.45) is 0 Å². The molecule has 1 aromatic heterocycles. The average Bonchev–Trinajstić information content (AvgIpc) is 2.84. The van der Waals surface area contributed by atoms with E-state index in [1.165, 1.54) is 10.4 Å². The second-order valence-electron chi connectivity index (χ2n) is 4.88. The SMILES string of the molecule is Cc1ccsc1C(C)Nc1ccc2c(c1)NC(=O)CS2. The number of carbonyl (C=O) groups is 1. The van der Waals surface area contributed by atoms with Gasteiger partial charge >= 0.3 is 0 Å². The molecular formula is C15H16N2OS2. The molecule has 0 radical (unpaired) electrons. The summed E-state index contributed by atoms with van der Waals surface area (Å²) in [6, 6.07) is 8.55. The number of thiophene rings is 1. The lowest BCUT2D eigenvalue weighted by atomic mass is 10.1. The van der Waals surface area contributed by atoms with E-state index in [1.807, 2.05) is 6.07 Å². The molecule has 20 heavy (non-hydrogen) atoms. The highest BCUT2D eigenvalue weighted by Gasteiger charge is 2.16. The predicted molar refractivity (Wildman–Crippen MR) is 86.9 cm³/mol. The molecule has 104 valence electrons. The zero-order valence-corrected chi connectivity index (χ0v) is 13.0. The van der Waals surface area contributed by atoms with Crippen molar-refractivity contribution >= 4 is 40.4 Å². The smallest absolute Gasteiger partial charge is 0.234 e. The lowest BCUT2D eigenvalue weighted by Gasteiger charge is -2.20. The van der Waals surface area contributed by atoms with Gasteiger partial charge in [0.2, 0.25) is 5.91 Å². The van der Waals surface area contributed by atoms with E-state index in [0.717, 1.165) is 16.3 Å². The summed E-state index contributed by atoms with van der Waals surface area (Å²) in [4.78, 5) is 13.9. The molecule has 2 N–H and O–H groups in total. The first-order chi connectivity index (χ1) is 9.63. The fourth-order valence-corrected chi connectivity index (χ4v) is 4.04. The number of benzene rings is 1. The summed E-state index contributed by atoms with van der Waals surface area (Å²) in [5.74, 6) is 0.576. The molecule has 1 amide bonds. The molecule has 0 saturated carbocycles. The van der Waals surface area contributed by atoms with Gasteiger partial charge in [0, 0.05) is 15.5 Å². The largest absolute Gasteiger partial charge is 0.378 e. The zero-order valence-electron chi connectivity index (χ0n) is 11.4. The van der Waals surface area contributed by atoms with Gasteiger partial charge in [-0.3, -0.25) is 4.79 Å². The van der Waals surface area contributed by atoms with E-state index in [4.69, 9.17) is 0 Å². The molecule has 2 aromatic rings. The zero-order chi connectivity index (χ0) is 14.1. The van der Waals surface area contributed by atoms with Crippen LogP contribution in [0.15, 0.2) is 34.5 Å². The van der Waals surface area contributed by atoms with Crippen molar-refractivity contribution in [1.82, 2.24) is 0 Å². The average molecular weight is 304 g/mol. The van der Waals surface area contributed by atoms with Crippen molar-refractivity contribution in [3.8, 4) is 0 Å². The Labute approximate surface area is 126 Å². The minimum atomic E-state index is 0.0711. The maximum Gasteiger partial charge on any atom is 0.234 e. The molecule has 5 heteroatoms. The van der Waals surface area contributed by atoms with Crippen LogP contribution in [0.25, 0.3) is 0 Å². The Bertz CT molecular complexity index is 651. The number of hydrogen-bond acceptors (Lipinski definition) is 4. The van der Waals surface area contributed by atoms with Crippen LogP contribution in [0.5, 0.6) is 0 Å². The summed E-state index contributed by atoms with van der Waals surface area (Å²) in [5.41, 5.74) is 3.26. The van der Waals surface area contributed by atoms with Crippen LogP contribution in [0.4, 0.5) is 11.4 Å². The van der Waals surface area contributed by atoms with Crippen molar-refractivity contribution in [1.29, 1.82) is 0 Å². The second kappa shape index (κ2) is 5.50. The first-order valence-corrected chi connectivity index (χ1v) is 8.37. The van der Waals surface area contributed by atoms with E-state index < -0.39 is 0 Å². The van der Waals surface area contributed by atoms with E-state index in [2.05, 4.69) is 48.1 Å². The van der Waals surface area contributed by atoms with E-state index in [1.54, 1.807) is 23.1 Å². The van der Waals surface area contributed by atoms with Crippen molar-refractivity contribution in [2.75, 3.05) is 16.4 Å². The van der Waals surface area contributed by atoms with Gasteiger partial charge in [-0.05, 0) is 49.1 Å². The minimum absolute atomic E-state index is 0.0711. The molecule has 0 spiro atoms. The number of rotatable bonds is 3. The van der Waals surface area contributed by atoms with Gasteiger partial charge in [-0.15, -0.1) is 23.1 Å². The Morgan fingerprint density at radius 3 is 2.95 bits per heavy atom. The summed E-state index contributed by atoms with van der Waals surface area (Å²) >= 11 is 3.36. The highest BCUT2D eigenvalue weighted by molar-refractivity contribution is 8.00. The standard InChI is InChI=1S/C15H16N2OS2/c1-9-5-6-19-15(9)10(2)16-11-3-4-13-12(7-11)17-14(18)8-20-13/h3-7,10,16H,8H2,1-2H3,(H,17,18). The summed E-state index contributed by atoms with van der Waals surface area (Å²) in [6.07, 6.45) is 0. The molecule has 0 aliphatic carbocycles. The van der Waals surface area contributed by atoms with Crippen LogP contribution in [0.2, 0.25) is 0 Å². The first-order valence-electron chi connectivity index (χ1n) is 6.51. The van der Waals surface area contributed by atoms with E-state index in [0.29, 0.717) is 5.75 Å². The molecule has 0 saturated heterocycles. The van der Waals surface area contributed by atoms with Crippen LogP contribution >= 0.6 is 23.1 Å². The summed E-state index contributed by atoms with van der Waals surface area (Å²) in [6.45, 7) is 4.29. The highest BCUT2D eigenvalue weighted by atomic mass is 32.2. The van der Waals surface area contributed by atoms with Crippen LogP contribution in [0.3, 0.4) is 0 Å². The maximum absolute atomic E-state index is 11.4. The van der Waals surface area contributed by atoms with Gasteiger partial charge in [-0.1, -0.05) is 0 Å².